The Balaban J connectivity index is 1.85. The molecule has 0 radical (unpaired) electrons. The number of carboxylic acids is 1. The lowest BCUT2D eigenvalue weighted by molar-refractivity contribution is -0.141. The van der Waals surface area contributed by atoms with Gasteiger partial charge in [0.25, 0.3) is 0 Å². The summed E-state index contributed by atoms with van der Waals surface area (Å²) in [5.41, 5.74) is 1.61. The van der Waals surface area contributed by atoms with Crippen molar-refractivity contribution < 1.29 is 27.3 Å². The van der Waals surface area contributed by atoms with Gasteiger partial charge in [0, 0.05) is 57.9 Å². The zero-order chi connectivity index (χ0) is 20.9. The average molecular weight is 421 g/mol. The molecule has 0 saturated heterocycles. The van der Waals surface area contributed by atoms with Crippen LogP contribution >= 0.6 is 0 Å². The third-order valence-electron chi connectivity index (χ3n) is 5.47. The van der Waals surface area contributed by atoms with E-state index in [0.717, 1.165) is 28.2 Å². The van der Waals surface area contributed by atoms with E-state index in [1.165, 1.54) is 18.4 Å². The van der Waals surface area contributed by atoms with E-state index in [9.17, 15) is 27.3 Å². The molecule has 152 valence electrons. The molecule has 0 fully saturated rings. The average Bonchev–Trinajstić information content (AvgIpc) is 3.20. The van der Waals surface area contributed by atoms with E-state index < -0.39 is 34.4 Å². The van der Waals surface area contributed by atoms with Gasteiger partial charge in [-0.1, -0.05) is 24.3 Å². The lowest BCUT2D eigenvalue weighted by atomic mass is 9.95. The van der Waals surface area contributed by atoms with Crippen molar-refractivity contribution in [3.8, 4) is 0 Å². The Labute approximate surface area is 167 Å². The Bertz CT molecular complexity index is 1150. The van der Waals surface area contributed by atoms with Crippen LogP contribution in [0.15, 0.2) is 47.4 Å². The number of hydrogen-bond donors (Lipinski definition) is 1. The second kappa shape index (κ2) is 7.02. The summed E-state index contributed by atoms with van der Waals surface area (Å²) in [7, 11) is -1.52. The molecule has 3 aromatic rings. The molecule has 2 aromatic carbocycles. The van der Waals surface area contributed by atoms with E-state index >= 15 is 0 Å². The first-order chi connectivity index (χ1) is 13.7. The summed E-state index contributed by atoms with van der Waals surface area (Å²) in [6.45, 7) is 0.311. The number of benzene rings is 2. The van der Waals surface area contributed by atoms with Gasteiger partial charge in [0.05, 0.1) is 11.5 Å². The van der Waals surface area contributed by atoms with Crippen LogP contribution < -0.4 is 0 Å². The molecule has 0 aliphatic carbocycles. The summed E-state index contributed by atoms with van der Waals surface area (Å²) in [5.74, 6) is -1.49. The highest BCUT2D eigenvalue weighted by atomic mass is 32.2. The van der Waals surface area contributed by atoms with Crippen LogP contribution in [-0.2, 0) is 41.2 Å². The second-order valence-corrected chi connectivity index (χ2v) is 8.62. The molecule has 2 unspecified atom stereocenters. The Hall–Kier alpha value is -2.61. The summed E-state index contributed by atoms with van der Waals surface area (Å²) in [5, 5.41) is 10.2. The molecule has 1 N–H and O–H groups in total. The summed E-state index contributed by atoms with van der Waals surface area (Å²) in [4.78, 5) is 11.6. The Morgan fingerprint density at radius 3 is 2.62 bits per heavy atom. The number of hydrogen-bond acceptors (Lipinski definition) is 2. The predicted molar refractivity (Wildman–Crippen MR) is 103 cm³/mol. The van der Waals surface area contributed by atoms with Gasteiger partial charge in [-0.3, -0.25) is 9.00 Å². The molecule has 0 bridgehead atoms. The van der Waals surface area contributed by atoms with Gasteiger partial charge in [0.15, 0.2) is 0 Å². The summed E-state index contributed by atoms with van der Waals surface area (Å²) >= 11 is 0. The Morgan fingerprint density at radius 1 is 1.24 bits per heavy atom. The number of aromatic nitrogens is 1. The number of alkyl halides is 3. The highest BCUT2D eigenvalue weighted by Gasteiger charge is 2.36. The number of fused-ring (bicyclic) bond motifs is 3. The van der Waals surface area contributed by atoms with Crippen LogP contribution in [0, 0.1) is 5.92 Å². The van der Waals surface area contributed by atoms with Crippen molar-refractivity contribution in [2.75, 3.05) is 6.26 Å². The van der Waals surface area contributed by atoms with Crippen molar-refractivity contribution in [2.24, 2.45) is 5.92 Å². The lowest BCUT2D eigenvalue weighted by Crippen LogP contribution is -2.15. The van der Waals surface area contributed by atoms with Gasteiger partial charge in [-0.05, 0) is 29.3 Å². The molecule has 29 heavy (non-hydrogen) atoms. The van der Waals surface area contributed by atoms with Crippen LogP contribution in [-0.4, -0.2) is 26.1 Å². The molecule has 1 aliphatic rings. The SMILES string of the molecule is CS(=O)c1ccc(Cc2c3n(c4ccccc24)CC(C(=O)O)C3)c(C(F)(F)F)c1. The molecule has 4 nitrogen and oxygen atoms in total. The third kappa shape index (κ3) is 3.46. The van der Waals surface area contributed by atoms with E-state index in [4.69, 9.17) is 0 Å². The first-order valence-electron chi connectivity index (χ1n) is 9.02. The van der Waals surface area contributed by atoms with Crippen LogP contribution in [0.4, 0.5) is 13.2 Å². The Morgan fingerprint density at radius 2 is 1.97 bits per heavy atom. The van der Waals surface area contributed by atoms with E-state index in [1.54, 1.807) is 0 Å². The van der Waals surface area contributed by atoms with Crippen LogP contribution in [0.2, 0.25) is 0 Å². The standard InChI is InChI=1S/C21H18F3NO3S/c1-29(28)14-7-6-12(17(10-14)21(22,23)24)8-16-15-4-2-3-5-18(15)25-11-13(20(26)27)9-19(16)25/h2-7,10,13H,8-9,11H2,1H3,(H,26,27). The van der Waals surface area contributed by atoms with E-state index in [0.29, 0.717) is 6.54 Å². The normalized spacial score (nSPS) is 17.4. The molecule has 1 aromatic heterocycles. The van der Waals surface area contributed by atoms with Crippen molar-refractivity contribution in [3.05, 3.63) is 64.8 Å². The van der Waals surface area contributed by atoms with Gasteiger partial charge in [-0.2, -0.15) is 13.2 Å². The molecular formula is C21H18F3NO3S. The first-order valence-corrected chi connectivity index (χ1v) is 10.6. The lowest BCUT2D eigenvalue weighted by Gasteiger charge is -2.15. The van der Waals surface area contributed by atoms with Crippen molar-refractivity contribution in [3.63, 3.8) is 0 Å². The third-order valence-corrected chi connectivity index (χ3v) is 6.39. The minimum absolute atomic E-state index is 0.0284. The molecule has 0 amide bonds. The summed E-state index contributed by atoms with van der Waals surface area (Å²) in [6.07, 6.45) is -2.92. The molecule has 0 spiro atoms. The maximum Gasteiger partial charge on any atom is 0.416 e. The van der Waals surface area contributed by atoms with Gasteiger partial charge in [0.1, 0.15) is 0 Å². The van der Waals surface area contributed by atoms with Crippen molar-refractivity contribution in [1.29, 1.82) is 0 Å². The monoisotopic (exact) mass is 421 g/mol. The molecule has 8 heteroatoms. The topological polar surface area (TPSA) is 59.3 Å². The van der Waals surface area contributed by atoms with Crippen LogP contribution in [0.5, 0.6) is 0 Å². The number of carbonyl (C=O) groups is 1. The molecule has 2 heterocycles. The van der Waals surface area contributed by atoms with Gasteiger partial charge >= 0.3 is 12.1 Å². The minimum Gasteiger partial charge on any atom is -0.481 e. The number of halogens is 3. The highest BCUT2D eigenvalue weighted by molar-refractivity contribution is 7.84. The fourth-order valence-electron chi connectivity index (χ4n) is 4.09. The highest BCUT2D eigenvalue weighted by Crippen LogP contribution is 2.38. The first kappa shape index (κ1) is 19.7. The van der Waals surface area contributed by atoms with E-state index in [-0.39, 0.29) is 23.3 Å². The number of carboxylic acid groups (broad SMARTS) is 1. The van der Waals surface area contributed by atoms with Gasteiger partial charge in [0.2, 0.25) is 0 Å². The summed E-state index contributed by atoms with van der Waals surface area (Å²) in [6, 6.07) is 11.2. The fourth-order valence-corrected chi connectivity index (χ4v) is 4.64. The number of aliphatic carboxylic acids is 1. The van der Waals surface area contributed by atoms with Gasteiger partial charge in [-0.15, -0.1) is 0 Å². The quantitative estimate of drug-likeness (QED) is 0.685. The number of rotatable bonds is 4. The second-order valence-electron chi connectivity index (χ2n) is 7.24. The maximum atomic E-state index is 13.7. The molecule has 0 saturated carbocycles. The molecule has 1 aliphatic heterocycles. The Kier molecular flexibility index (Phi) is 4.77. The zero-order valence-corrected chi connectivity index (χ0v) is 16.3. The van der Waals surface area contributed by atoms with Crippen molar-refractivity contribution >= 4 is 27.7 Å². The minimum atomic E-state index is -4.58. The molecular weight excluding hydrogens is 403 g/mol. The predicted octanol–water partition coefficient (Wildman–Crippen LogP) is 4.25. The fraction of sp³-hybridized carbons (Fsp3) is 0.286. The maximum absolute atomic E-state index is 13.7. The van der Waals surface area contributed by atoms with E-state index in [2.05, 4.69) is 0 Å². The van der Waals surface area contributed by atoms with Crippen LogP contribution in [0.25, 0.3) is 10.9 Å². The van der Waals surface area contributed by atoms with Gasteiger partial charge in [-0.25, -0.2) is 0 Å². The number of nitrogens with zero attached hydrogens (tertiary/aromatic N) is 1. The molecule has 4 rings (SSSR count). The van der Waals surface area contributed by atoms with Crippen molar-refractivity contribution in [2.45, 2.75) is 30.5 Å². The molecule has 2 atom stereocenters. The van der Waals surface area contributed by atoms with Gasteiger partial charge < -0.3 is 9.67 Å². The zero-order valence-electron chi connectivity index (χ0n) is 15.5. The number of para-hydroxylation sites is 1. The largest absolute Gasteiger partial charge is 0.481 e. The van der Waals surface area contributed by atoms with Crippen LogP contribution in [0.3, 0.4) is 0 Å². The van der Waals surface area contributed by atoms with Crippen molar-refractivity contribution in [1.82, 2.24) is 4.57 Å². The smallest absolute Gasteiger partial charge is 0.416 e. The summed E-state index contributed by atoms with van der Waals surface area (Å²) < 4.78 is 54.7. The van der Waals surface area contributed by atoms with E-state index in [1.807, 2.05) is 28.8 Å². The van der Waals surface area contributed by atoms with Crippen LogP contribution in [0.1, 0.15) is 22.4 Å².